The second kappa shape index (κ2) is 6.07. The average Bonchev–Trinajstić information content (AvgIpc) is 2.33. The molecule has 2 aromatic carbocycles. The number of nitrogens with one attached hydrogen (secondary N) is 1. The van der Waals surface area contributed by atoms with Gasteiger partial charge in [0.2, 0.25) is 0 Å². The number of amides is 1. The largest absolute Gasteiger partial charge is 0.321 e. The molecule has 6 heteroatoms. The van der Waals surface area contributed by atoms with Crippen LogP contribution in [0, 0.1) is 9.39 Å². The second-order valence-corrected chi connectivity index (χ2v) is 5.67. The molecule has 98 valence electrons. The van der Waals surface area contributed by atoms with E-state index in [-0.39, 0.29) is 5.82 Å². The molecule has 0 fully saturated rings. The minimum absolute atomic E-state index is 0.317. The molecule has 1 amide bonds. The summed E-state index contributed by atoms with van der Waals surface area (Å²) >= 11 is 13.5. The predicted octanol–water partition coefficient (Wildman–Crippen LogP) is 4.99. The van der Waals surface area contributed by atoms with Crippen LogP contribution >= 0.6 is 45.8 Å². The van der Waals surface area contributed by atoms with Crippen LogP contribution in [-0.2, 0) is 0 Å². The molecule has 0 heterocycles. The second-order valence-electron chi connectivity index (χ2n) is 3.71. The monoisotopic (exact) mass is 409 g/mol. The predicted molar refractivity (Wildman–Crippen MR) is 83.5 cm³/mol. The minimum Gasteiger partial charge on any atom is -0.321 e. The van der Waals surface area contributed by atoms with Crippen molar-refractivity contribution in [2.75, 3.05) is 5.32 Å². The molecule has 0 spiro atoms. The van der Waals surface area contributed by atoms with Crippen LogP contribution < -0.4 is 5.32 Å². The van der Waals surface area contributed by atoms with E-state index in [1.54, 1.807) is 6.07 Å². The standard InChI is InChI=1S/C13H7Cl2FINO/c14-8-4-7(5-9(15)6-8)13(19)18-11-3-1-2-10(16)12(11)17/h1-6H,(H,18,19). The Morgan fingerprint density at radius 2 is 1.79 bits per heavy atom. The lowest BCUT2D eigenvalue weighted by Gasteiger charge is -2.08. The summed E-state index contributed by atoms with van der Waals surface area (Å²) in [5, 5.41) is 3.35. The van der Waals surface area contributed by atoms with Crippen molar-refractivity contribution in [3.05, 3.63) is 61.4 Å². The molecular formula is C13H7Cl2FINO. The third-order valence-electron chi connectivity index (χ3n) is 2.32. The molecule has 0 atom stereocenters. The van der Waals surface area contributed by atoms with E-state index in [1.807, 2.05) is 22.6 Å². The van der Waals surface area contributed by atoms with Gasteiger partial charge in [-0.1, -0.05) is 29.3 Å². The SMILES string of the molecule is O=C(Nc1cccc(F)c1I)c1cc(Cl)cc(Cl)c1. The number of anilines is 1. The van der Waals surface area contributed by atoms with E-state index in [9.17, 15) is 9.18 Å². The molecule has 0 radical (unpaired) electrons. The summed E-state index contributed by atoms with van der Waals surface area (Å²) < 4.78 is 13.7. The molecule has 0 bridgehead atoms. The van der Waals surface area contributed by atoms with Gasteiger partial charge in [0.25, 0.3) is 5.91 Å². The number of halogens is 4. The smallest absolute Gasteiger partial charge is 0.255 e. The average molecular weight is 410 g/mol. The first kappa shape index (κ1) is 14.6. The van der Waals surface area contributed by atoms with Crippen molar-refractivity contribution in [3.63, 3.8) is 0 Å². The van der Waals surface area contributed by atoms with Crippen molar-refractivity contribution >= 4 is 57.4 Å². The van der Waals surface area contributed by atoms with Gasteiger partial charge in [0.1, 0.15) is 5.82 Å². The molecule has 0 unspecified atom stereocenters. The van der Waals surface area contributed by atoms with Gasteiger partial charge < -0.3 is 5.32 Å². The Bertz CT molecular complexity index is 628. The Labute approximate surface area is 133 Å². The first-order valence-corrected chi connectivity index (χ1v) is 7.02. The van der Waals surface area contributed by atoms with E-state index in [4.69, 9.17) is 23.2 Å². The highest BCUT2D eigenvalue weighted by atomic mass is 127. The molecule has 1 N–H and O–H groups in total. The molecule has 19 heavy (non-hydrogen) atoms. The molecule has 2 rings (SSSR count). The Kier molecular flexibility index (Phi) is 4.65. The molecular weight excluding hydrogens is 403 g/mol. The highest BCUT2D eigenvalue weighted by Crippen LogP contribution is 2.23. The normalized spacial score (nSPS) is 10.3. The summed E-state index contributed by atoms with van der Waals surface area (Å²) in [4.78, 5) is 12.0. The lowest BCUT2D eigenvalue weighted by atomic mass is 10.2. The number of benzene rings is 2. The van der Waals surface area contributed by atoms with E-state index in [2.05, 4.69) is 5.32 Å². The van der Waals surface area contributed by atoms with Gasteiger partial charge in [0, 0.05) is 15.6 Å². The number of hydrogen-bond acceptors (Lipinski definition) is 1. The Morgan fingerprint density at radius 3 is 2.42 bits per heavy atom. The van der Waals surface area contributed by atoms with Crippen LogP contribution in [0.4, 0.5) is 10.1 Å². The van der Waals surface area contributed by atoms with Gasteiger partial charge in [-0.15, -0.1) is 0 Å². The summed E-state index contributed by atoms with van der Waals surface area (Å²) in [7, 11) is 0. The van der Waals surface area contributed by atoms with Crippen molar-refractivity contribution in [1.82, 2.24) is 0 Å². The maximum atomic E-state index is 13.4. The van der Waals surface area contributed by atoms with Crippen LogP contribution in [-0.4, -0.2) is 5.91 Å². The summed E-state index contributed by atoms with van der Waals surface area (Å²) in [6, 6.07) is 9.00. The van der Waals surface area contributed by atoms with E-state index in [0.717, 1.165) is 0 Å². The first-order valence-electron chi connectivity index (χ1n) is 5.19. The lowest BCUT2D eigenvalue weighted by Crippen LogP contribution is -2.13. The van der Waals surface area contributed by atoms with Crippen LogP contribution in [0.1, 0.15) is 10.4 Å². The zero-order chi connectivity index (χ0) is 14.0. The number of carbonyl (C=O) groups is 1. The van der Waals surface area contributed by atoms with Gasteiger partial charge in [-0.3, -0.25) is 4.79 Å². The first-order chi connectivity index (χ1) is 8.97. The Balaban J connectivity index is 2.28. The highest BCUT2D eigenvalue weighted by molar-refractivity contribution is 14.1. The van der Waals surface area contributed by atoms with Crippen LogP contribution in [0.2, 0.25) is 10.0 Å². The lowest BCUT2D eigenvalue weighted by molar-refractivity contribution is 0.102. The molecule has 0 aromatic heterocycles. The topological polar surface area (TPSA) is 29.1 Å². The fraction of sp³-hybridized carbons (Fsp3) is 0. The highest BCUT2D eigenvalue weighted by Gasteiger charge is 2.11. The van der Waals surface area contributed by atoms with E-state index in [1.165, 1.54) is 30.3 Å². The summed E-state index contributed by atoms with van der Waals surface area (Å²) in [5.74, 6) is -0.782. The van der Waals surface area contributed by atoms with Crippen LogP contribution in [0.5, 0.6) is 0 Å². The van der Waals surface area contributed by atoms with Crippen LogP contribution in [0.3, 0.4) is 0 Å². The van der Waals surface area contributed by atoms with Gasteiger partial charge in [-0.05, 0) is 52.9 Å². The van der Waals surface area contributed by atoms with E-state index >= 15 is 0 Å². The maximum Gasteiger partial charge on any atom is 0.255 e. The fourth-order valence-corrected chi connectivity index (χ4v) is 2.50. The number of carbonyl (C=O) groups excluding carboxylic acids is 1. The van der Waals surface area contributed by atoms with Crippen molar-refractivity contribution in [3.8, 4) is 0 Å². The van der Waals surface area contributed by atoms with Crippen LogP contribution in [0.25, 0.3) is 0 Å². The third-order valence-corrected chi connectivity index (χ3v) is 3.86. The van der Waals surface area contributed by atoms with Crippen molar-refractivity contribution in [2.24, 2.45) is 0 Å². The van der Waals surface area contributed by atoms with Gasteiger partial charge >= 0.3 is 0 Å². The van der Waals surface area contributed by atoms with Gasteiger partial charge in [0.05, 0.1) is 9.26 Å². The zero-order valence-corrected chi connectivity index (χ0v) is 13.1. The summed E-state index contributed by atoms with van der Waals surface area (Å²) in [6.45, 7) is 0. The number of rotatable bonds is 2. The van der Waals surface area contributed by atoms with Crippen molar-refractivity contribution < 1.29 is 9.18 Å². The maximum absolute atomic E-state index is 13.4. The molecule has 2 nitrogen and oxygen atoms in total. The Morgan fingerprint density at radius 1 is 1.16 bits per heavy atom. The molecule has 0 aliphatic heterocycles. The zero-order valence-electron chi connectivity index (χ0n) is 9.38. The van der Waals surface area contributed by atoms with Crippen molar-refractivity contribution in [2.45, 2.75) is 0 Å². The van der Waals surface area contributed by atoms with Gasteiger partial charge in [-0.2, -0.15) is 0 Å². The minimum atomic E-state index is -0.395. The Hall–Kier alpha value is -0.850. The molecule has 2 aromatic rings. The number of hydrogen-bond donors (Lipinski definition) is 1. The van der Waals surface area contributed by atoms with Crippen LogP contribution in [0.15, 0.2) is 36.4 Å². The van der Waals surface area contributed by atoms with Crippen molar-refractivity contribution in [1.29, 1.82) is 0 Å². The quantitative estimate of drug-likeness (QED) is 0.695. The van der Waals surface area contributed by atoms with Gasteiger partial charge in [0.15, 0.2) is 0 Å². The summed E-state index contributed by atoms with van der Waals surface area (Å²) in [6.07, 6.45) is 0. The van der Waals surface area contributed by atoms with E-state index in [0.29, 0.717) is 24.9 Å². The van der Waals surface area contributed by atoms with Gasteiger partial charge in [-0.25, -0.2) is 4.39 Å². The molecule has 0 aliphatic carbocycles. The third kappa shape index (κ3) is 3.58. The fourth-order valence-electron chi connectivity index (χ4n) is 1.48. The molecule has 0 saturated carbocycles. The molecule has 0 saturated heterocycles. The van der Waals surface area contributed by atoms with E-state index < -0.39 is 5.91 Å². The molecule has 0 aliphatic rings. The summed E-state index contributed by atoms with van der Waals surface area (Å²) in [5.41, 5.74) is 0.722.